The van der Waals surface area contributed by atoms with Crippen LogP contribution in [0.1, 0.15) is 0 Å². The number of hydrogen-bond donors (Lipinski definition) is 0. The number of halogens is 1. The number of hydrogen-bond acceptors (Lipinski definition) is 3. The van der Waals surface area contributed by atoms with Crippen LogP contribution in [0.15, 0.2) is 41.0 Å². The van der Waals surface area contributed by atoms with Gasteiger partial charge in [-0.3, -0.25) is 0 Å². The fourth-order valence-corrected chi connectivity index (χ4v) is 2.77. The number of aryl methyl sites for hydroxylation is 1. The minimum atomic E-state index is 0.681. The Morgan fingerprint density at radius 2 is 2.05 bits per heavy atom. The molecule has 0 spiro atoms. The third kappa shape index (κ3) is 1.48. The first-order valence-corrected chi connectivity index (χ1v) is 6.70. The van der Waals surface area contributed by atoms with Crippen molar-refractivity contribution in [2.24, 2.45) is 7.05 Å². The Morgan fingerprint density at radius 3 is 2.95 bits per heavy atom. The molecule has 0 aliphatic carbocycles. The summed E-state index contributed by atoms with van der Waals surface area (Å²) >= 11 is 3.51. The van der Waals surface area contributed by atoms with E-state index in [1.807, 2.05) is 25.2 Å². The molecule has 0 unspecified atom stereocenters. The lowest BCUT2D eigenvalue weighted by atomic mass is 10.2. The predicted molar refractivity (Wildman–Crippen MR) is 79.0 cm³/mol. The molecule has 0 radical (unpaired) electrons. The van der Waals surface area contributed by atoms with Crippen LogP contribution in [0.3, 0.4) is 0 Å². The van der Waals surface area contributed by atoms with E-state index in [9.17, 15) is 0 Å². The van der Waals surface area contributed by atoms with E-state index in [-0.39, 0.29) is 0 Å². The molecule has 3 aromatic heterocycles. The van der Waals surface area contributed by atoms with Gasteiger partial charge in [-0.1, -0.05) is 15.9 Å². The van der Waals surface area contributed by atoms with Crippen LogP contribution in [0.2, 0.25) is 0 Å². The molecule has 0 atom stereocenters. The molecular weight excluding hydrogens is 304 g/mol. The van der Waals surface area contributed by atoms with Crippen molar-refractivity contribution in [3.63, 3.8) is 0 Å². The van der Waals surface area contributed by atoms with E-state index in [1.165, 1.54) is 0 Å². The summed E-state index contributed by atoms with van der Waals surface area (Å²) in [5, 5.41) is 1.10. The standard InChI is InChI=1S/C14H9BrN4/c1-19-11-5-4-8(15)7-9(11)12-14(19)18-13-10(17-12)3-2-6-16-13/h2-7H,1H3. The molecule has 4 aromatic rings. The quantitative estimate of drug-likeness (QED) is 0.499. The van der Waals surface area contributed by atoms with E-state index < -0.39 is 0 Å². The Labute approximate surface area is 117 Å². The molecule has 5 heteroatoms. The van der Waals surface area contributed by atoms with Crippen molar-refractivity contribution in [1.82, 2.24) is 19.5 Å². The second-order valence-corrected chi connectivity index (χ2v) is 5.38. The number of rotatable bonds is 0. The van der Waals surface area contributed by atoms with Crippen LogP contribution in [-0.2, 0) is 7.05 Å². The molecule has 4 rings (SSSR count). The van der Waals surface area contributed by atoms with Gasteiger partial charge in [0.15, 0.2) is 11.3 Å². The molecule has 19 heavy (non-hydrogen) atoms. The van der Waals surface area contributed by atoms with E-state index in [0.717, 1.165) is 32.1 Å². The molecule has 3 heterocycles. The highest BCUT2D eigenvalue weighted by molar-refractivity contribution is 9.10. The first-order valence-electron chi connectivity index (χ1n) is 5.90. The van der Waals surface area contributed by atoms with Crippen LogP contribution >= 0.6 is 15.9 Å². The predicted octanol–water partition coefficient (Wildman–Crippen LogP) is 3.43. The summed E-state index contributed by atoms with van der Waals surface area (Å²) in [4.78, 5) is 13.6. The van der Waals surface area contributed by atoms with Gasteiger partial charge < -0.3 is 4.57 Å². The largest absolute Gasteiger partial charge is 0.327 e. The topological polar surface area (TPSA) is 43.6 Å². The lowest BCUT2D eigenvalue weighted by Gasteiger charge is -1.98. The normalized spacial score (nSPS) is 11.7. The number of pyridine rings is 1. The van der Waals surface area contributed by atoms with Crippen molar-refractivity contribution in [2.75, 3.05) is 0 Å². The van der Waals surface area contributed by atoms with Crippen molar-refractivity contribution in [2.45, 2.75) is 0 Å². The van der Waals surface area contributed by atoms with Gasteiger partial charge in [-0.25, -0.2) is 15.0 Å². The Hall–Kier alpha value is -2.01. The average Bonchev–Trinajstić information content (AvgIpc) is 2.69. The number of nitrogens with zero attached hydrogens (tertiary/aromatic N) is 4. The maximum atomic E-state index is 4.70. The summed E-state index contributed by atoms with van der Waals surface area (Å²) in [6.45, 7) is 0. The molecule has 1 aromatic carbocycles. The summed E-state index contributed by atoms with van der Waals surface area (Å²) < 4.78 is 3.10. The third-order valence-corrected chi connectivity index (χ3v) is 3.81. The molecule has 4 nitrogen and oxygen atoms in total. The van der Waals surface area contributed by atoms with E-state index in [1.54, 1.807) is 6.20 Å². The molecule has 0 fully saturated rings. The van der Waals surface area contributed by atoms with Crippen LogP contribution in [0.4, 0.5) is 0 Å². The van der Waals surface area contributed by atoms with Gasteiger partial charge in [-0.05, 0) is 30.3 Å². The molecular formula is C14H9BrN4. The van der Waals surface area contributed by atoms with Crippen molar-refractivity contribution >= 4 is 49.2 Å². The monoisotopic (exact) mass is 312 g/mol. The Kier molecular flexibility index (Phi) is 2.14. The second-order valence-electron chi connectivity index (χ2n) is 4.46. The van der Waals surface area contributed by atoms with Crippen LogP contribution < -0.4 is 0 Å². The zero-order valence-corrected chi connectivity index (χ0v) is 11.7. The van der Waals surface area contributed by atoms with Crippen LogP contribution in [0, 0.1) is 0 Å². The second kappa shape index (κ2) is 3.74. The number of fused-ring (bicyclic) bond motifs is 4. The SMILES string of the molecule is Cn1c2ccc(Br)cc2c2nc3cccnc3nc21. The molecule has 0 amide bonds. The smallest absolute Gasteiger partial charge is 0.180 e. The van der Waals surface area contributed by atoms with Crippen LogP contribution in [-0.4, -0.2) is 19.5 Å². The fourth-order valence-electron chi connectivity index (χ4n) is 2.40. The number of aromatic nitrogens is 4. The minimum absolute atomic E-state index is 0.681. The van der Waals surface area contributed by atoms with E-state index in [0.29, 0.717) is 5.65 Å². The summed E-state index contributed by atoms with van der Waals surface area (Å²) in [7, 11) is 2.00. The maximum Gasteiger partial charge on any atom is 0.180 e. The van der Waals surface area contributed by atoms with E-state index in [2.05, 4.69) is 42.6 Å². The van der Waals surface area contributed by atoms with Gasteiger partial charge in [-0.15, -0.1) is 0 Å². The summed E-state index contributed by atoms with van der Waals surface area (Å²) in [6, 6.07) is 9.99. The van der Waals surface area contributed by atoms with E-state index in [4.69, 9.17) is 4.98 Å². The number of benzene rings is 1. The van der Waals surface area contributed by atoms with Gasteiger partial charge in [0.05, 0.1) is 5.52 Å². The van der Waals surface area contributed by atoms with Crippen molar-refractivity contribution in [3.05, 3.63) is 41.0 Å². The summed E-state index contributed by atoms with van der Waals surface area (Å²) in [5.41, 5.74) is 4.40. The van der Waals surface area contributed by atoms with Gasteiger partial charge in [0.1, 0.15) is 11.0 Å². The van der Waals surface area contributed by atoms with Gasteiger partial charge >= 0.3 is 0 Å². The molecule has 0 aliphatic heterocycles. The molecule has 0 N–H and O–H groups in total. The highest BCUT2D eigenvalue weighted by atomic mass is 79.9. The molecule has 0 bridgehead atoms. The first-order chi connectivity index (χ1) is 9.24. The summed E-state index contributed by atoms with van der Waals surface area (Å²) in [5.74, 6) is 0. The van der Waals surface area contributed by atoms with E-state index >= 15 is 0 Å². The van der Waals surface area contributed by atoms with Crippen LogP contribution in [0.25, 0.3) is 33.2 Å². The maximum absolute atomic E-state index is 4.70. The van der Waals surface area contributed by atoms with Crippen molar-refractivity contribution in [3.8, 4) is 0 Å². The third-order valence-electron chi connectivity index (χ3n) is 3.31. The molecule has 0 saturated heterocycles. The van der Waals surface area contributed by atoms with Crippen LogP contribution in [0.5, 0.6) is 0 Å². The zero-order chi connectivity index (χ0) is 13.0. The Morgan fingerprint density at radius 1 is 1.16 bits per heavy atom. The fraction of sp³-hybridized carbons (Fsp3) is 0.0714. The van der Waals surface area contributed by atoms with Crippen molar-refractivity contribution in [1.29, 1.82) is 0 Å². The Balaban J connectivity index is 2.30. The lowest BCUT2D eigenvalue weighted by Crippen LogP contribution is -1.93. The van der Waals surface area contributed by atoms with Gasteiger partial charge in [0.2, 0.25) is 0 Å². The molecule has 0 saturated carbocycles. The highest BCUT2D eigenvalue weighted by Gasteiger charge is 2.12. The van der Waals surface area contributed by atoms with Crippen molar-refractivity contribution < 1.29 is 0 Å². The first kappa shape index (κ1) is 10.9. The lowest BCUT2D eigenvalue weighted by molar-refractivity contribution is 0.989. The van der Waals surface area contributed by atoms with Gasteiger partial charge in [0.25, 0.3) is 0 Å². The van der Waals surface area contributed by atoms with Gasteiger partial charge in [-0.2, -0.15) is 0 Å². The highest BCUT2D eigenvalue weighted by Crippen LogP contribution is 2.29. The summed E-state index contributed by atoms with van der Waals surface area (Å²) in [6.07, 6.45) is 1.74. The molecule has 92 valence electrons. The minimum Gasteiger partial charge on any atom is -0.327 e. The molecule has 0 aliphatic rings. The zero-order valence-electron chi connectivity index (χ0n) is 10.1. The Bertz CT molecular complexity index is 942. The van der Waals surface area contributed by atoms with Gasteiger partial charge in [0, 0.05) is 23.1 Å². The average molecular weight is 313 g/mol.